The van der Waals surface area contributed by atoms with E-state index in [9.17, 15) is 0 Å². The molecule has 0 bridgehead atoms. The second-order valence-corrected chi connectivity index (χ2v) is 4.48. The van der Waals surface area contributed by atoms with Gasteiger partial charge in [-0.3, -0.25) is 0 Å². The van der Waals surface area contributed by atoms with Crippen molar-refractivity contribution in [2.75, 3.05) is 0 Å². The summed E-state index contributed by atoms with van der Waals surface area (Å²) in [5.41, 5.74) is 5.96. The first kappa shape index (κ1) is 10.5. The second kappa shape index (κ2) is 4.65. The molecule has 0 unspecified atom stereocenters. The first-order valence-electron chi connectivity index (χ1n) is 6.10. The normalized spacial score (nSPS) is 16.3. The molecule has 0 fully saturated rings. The molecule has 0 aromatic heterocycles. The minimum absolute atomic E-state index is 1.14. The Labute approximate surface area is 93.0 Å². The van der Waals surface area contributed by atoms with Crippen LogP contribution >= 0.6 is 0 Å². The van der Waals surface area contributed by atoms with Gasteiger partial charge in [-0.05, 0) is 61.3 Å². The molecule has 0 amide bonds. The topological polar surface area (TPSA) is 0 Å². The van der Waals surface area contributed by atoms with Crippen LogP contribution < -0.4 is 0 Å². The van der Waals surface area contributed by atoms with E-state index in [0.717, 1.165) is 6.42 Å². The molecule has 0 heterocycles. The zero-order valence-electron chi connectivity index (χ0n) is 9.84. The van der Waals surface area contributed by atoms with Gasteiger partial charge in [-0.25, -0.2) is 0 Å². The highest BCUT2D eigenvalue weighted by Crippen LogP contribution is 2.29. The molecule has 0 N–H and O–H groups in total. The molecule has 1 aromatic rings. The molecule has 0 radical (unpaired) electrons. The predicted molar refractivity (Wildman–Crippen MR) is 67.0 cm³/mol. The van der Waals surface area contributed by atoms with Crippen molar-refractivity contribution < 1.29 is 0 Å². The van der Waals surface area contributed by atoms with Gasteiger partial charge in [0, 0.05) is 0 Å². The van der Waals surface area contributed by atoms with E-state index in [1.54, 1.807) is 5.57 Å². The fraction of sp³-hybridized carbons (Fsp3) is 0.467. The van der Waals surface area contributed by atoms with E-state index < -0.39 is 0 Å². The van der Waals surface area contributed by atoms with E-state index in [4.69, 9.17) is 0 Å². The summed E-state index contributed by atoms with van der Waals surface area (Å²) in [5, 5.41) is 0. The quantitative estimate of drug-likeness (QED) is 0.658. The average Bonchev–Trinajstić information content (AvgIpc) is 2.31. The van der Waals surface area contributed by atoms with Gasteiger partial charge in [0.2, 0.25) is 0 Å². The Morgan fingerprint density at radius 3 is 2.73 bits per heavy atom. The smallest absolute Gasteiger partial charge is 0.0196 e. The number of aryl methyl sites for hydroxylation is 2. The van der Waals surface area contributed by atoms with Gasteiger partial charge in [0.05, 0.1) is 0 Å². The van der Waals surface area contributed by atoms with Crippen LogP contribution in [0, 0.1) is 6.92 Å². The van der Waals surface area contributed by atoms with Crippen LogP contribution in [0.1, 0.15) is 49.3 Å². The Morgan fingerprint density at radius 2 is 2.07 bits per heavy atom. The number of allylic oxidation sites excluding steroid dienone is 2. The first-order chi connectivity index (χ1) is 7.31. The summed E-state index contributed by atoms with van der Waals surface area (Å²) < 4.78 is 0. The summed E-state index contributed by atoms with van der Waals surface area (Å²) in [5.74, 6) is 0. The van der Waals surface area contributed by atoms with Crippen molar-refractivity contribution in [3.05, 3.63) is 41.0 Å². The summed E-state index contributed by atoms with van der Waals surface area (Å²) in [7, 11) is 0. The van der Waals surface area contributed by atoms with E-state index in [1.807, 2.05) is 0 Å². The predicted octanol–water partition coefficient (Wildman–Crippen LogP) is 4.51. The minimum atomic E-state index is 1.14. The Balaban J connectivity index is 2.37. The van der Waals surface area contributed by atoms with Gasteiger partial charge in [0.25, 0.3) is 0 Å². The molecule has 0 nitrogen and oxygen atoms in total. The van der Waals surface area contributed by atoms with Crippen LogP contribution in [0.3, 0.4) is 0 Å². The van der Waals surface area contributed by atoms with Crippen molar-refractivity contribution in [2.24, 2.45) is 0 Å². The summed E-state index contributed by atoms with van der Waals surface area (Å²) in [6.07, 6.45) is 8.85. The second-order valence-electron chi connectivity index (χ2n) is 4.48. The lowest BCUT2D eigenvalue weighted by Crippen LogP contribution is -1.95. The highest BCUT2D eigenvalue weighted by molar-refractivity contribution is 5.69. The maximum atomic E-state index is 2.44. The molecule has 0 saturated carbocycles. The summed E-state index contributed by atoms with van der Waals surface area (Å²) in [6.45, 7) is 4.45. The van der Waals surface area contributed by atoms with Gasteiger partial charge in [-0.1, -0.05) is 31.2 Å². The van der Waals surface area contributed by atoms with Crippen LogP contribution in [0.5, 0.6) is 0 Å². The van der Waals surface area contributed by atoms with Gasteiger partial charge < -0.3 is 0 Å². The Morgan fingerprint density at radius 1 is 1.20 bits per heavy atom. The first-order valence-corrected chi connectivity index (χ1v) is 6.10. The maximum absolute atomic E-state index is 2.44. The molecule has 1 aliphatic rings. The van der Waals surface area contributed by atoms with Gasteiger partial charge in [0.15, 0.2) is 0 Å². The largest absolute Gasteiger partial charge is 0.0807 e. The van der Waals surface area contributed by atoms with Crippen LogP contribution in [0.15, 0.2) is 24.3 Å². The molecule has 1 aromatic carbocycles. The zero-order valence-corrected chi connectivity index (χ0v) is 9.84. The maximum Gasteiger partial charge on any atom is -0.0196 e. The third kappa shape index (κ3) is 2.31. The zero-order chi connectivity index (χ0) is 10.7. The fourth-order valence-electron chi connectivity index (χ4n) is 2.32. The molecule has 0 saturated heterocycles. The SMILES string of the molecule is CCc1ccc(C)c(C2=CCCCC2)c1. The van der Waals surface area contributed by atoms with Crippen molar-refractivity contribution in [3.63, 3.8) is 0 Å². The van der Waals surface area contributed by atoms with Crippen LogP contribution in [0.4, 0.5) is 0 Å². The van der Waals surface area contributed by atoms with E-state index in [2.05, 4.69) is 38.1 Å². The summed E-state index contributed by atoms with van der Waals surface area (Å²) >= 11 is 0. The summed E-state index contributed by atoms with van der Waals surface area (Å²) in [4.78, 5) is 0. The van der Waals surface area contributed by atoms with Crippen molar-refractivity contribution in [3.8, 4) is 0 Å². The van der Waals surface area contributed by atoms with Gasteiger partial charge in [0.1, 0.15) is 0 Å². The van der Waals surface area contributed by atoms with Crippen molar-refractivity contribution in [2.45, 2.75) is 46.0 Å². The Hall–Kier alpha value is -1.04. The van der Waals surface area contributed by atoms with Crippen LogP contribution in [-0.4, -0.2) is 0 Å². The molecular formula is C15H20. The molecule has 1 aliphatic carbocycles. The van der Waals surface area contributed by atoms with E-state index in [0.29, 0.717) is 0 Å². The third-order valence-corrected chi connectivity index (χ3v) is 3.35. The van der Waals surface area contributed by atoms with Gasteiger partial charge >= 0.3 is 0 Å². The summed E-state index contributed by atoms with van der Waals surface area (Å²) in [6, 6.07) is 6.90. The highest BCUT2D eigenvalue weighted by atomic mass is 14.1. The number of hydrogen-bond donors (Lipinski definition) is 0. The van der Waals surface area contributed by atoms with Gasteiger partial charge in [-0.15, -0.1) is 0 Å². The average molecular weight is 200 g/mol. The minimum Gasteiger partial charge on any atom is -0.0807 e. The Kier molecular flexibility index (Phi) is 3.25. The Bertz CT molecular complexity index is 372. The lowest BCUT2D eigenvalue weighted by molar-refractivity contribution is 0.741. The van der Waals surface area contributed by atoms with Crippen molar-refractivity contribution >= 4 is 5.57 Å². The molecule has 0 heteroatoms. The number of benzene rings is 1. The van der Waals surface area contributed by atoms with E-state index >= 15 is 0 Å². The highest BCUT2D eigenvalue weighted by Gasteiger charge is 2.08. The number of rotatable bonds is 2. The number of hydrogen-bond acceptors (Lipinski definition) is 0. The third-order valence-electron chi connectivity index (χ3n) is 3.35. The standard InChI is InChI=1S/C15H20/c1-3-13-10-9-12(2)15(11-13)14-7-5-4-6-8-14/h7,9-11H,3-6,8H2,1-2H3. The molecular weight excluding hydrogens is 180 g/mol. The van der Waals surface area contributed by atoms with Crippen molar-refractivity contribution in [1.82, 2.24) is 0 Å². The molecule has 80 valence electrons. The molecule has 0 atom stereocenters. The molecule has 0 aliphatic heterocycles. The van der Waals surface area contributed by atoms with Gasteiger partial charge in [-0.2, -0.15) is 0 Å². The van der Waals surface area contributed by atoms with Crippen LogP contribution in [-0.2, 0) is 6.42 Å². The monoisotopic (exact) mass is 200 g/mol. The fourth-order valence-corrected chi connectivity index (χ4v) is 2.32. The molecule has 0 spiro atoms. The lowest BCUT2D eigenvalue weighted by Gasteiger charge is -2.16. The lowest BCUT2D eigenvalue weighted by atomic mass is 9.90. The van der Waals surface area contributed by atoms with Crippen LogP contribution in [0.2, 0.25) is 0 Å². The van der Waals surface area contributed by atoms with E-state index in [-0.39, 0.29) is 0 Å². The molecule has 15 heavy (non-hydrogen) atoms. The van der Waals surface area contributed by atoms with Crippen molar-refractivity contribution in [1.29, 1.82) is 0 Å². The van der Waals surface area contributed by atoms with E-state index in [1.165, 1.54) is 42.4 Å². The molecule has 2 rings (SSSR count). The van der Waals surface area contributed by atoms with Crippen LogP contribution in [0.25, 0.3) is 5.57 Å².